The number of amides is 1. The van der Waals surface area contributed by atoms with Gasteiger partial charge in [-0.05, 0) is 44.1 Å². The lowest BCUT2D eigenvalue weighted by molar-refractivity contribution is -0.120. The molecule has 0 aromatic carbocycles. The molecule has 2 aliphatic rings. The van der Waals surface area contributed by atoms with Crippen LogP contribution in [0.4, 0.5) is 0 Å². The predicted molar refractivity (Wildman–Crippen MR) is 94.4 cm³/mol. The van der Waals surface area contributed by atoms with Crippen LogP contribution in [0.3, 0.4) is 0 Å². The summed E-state index contributed by atoms with van der Waals surface area (Å²) in [6.07, 6.45) is 11.3. The first-order valence-corrected chi connectivity index (χ1v) is 9.99. The maximum atomic E-state index is 11.6. The van der Waals surface area contributed by atoms with E-state index in [1.54, 1.807) is 18.3 Å². The van der Waals surface area contributed by atoms with Gasteiger partial charge in [-0.3, -0.25) is 4.79 Å². The van der Waals surface area contributed by atoms with E-state index in [0.717, 1.165) is 17.5 Å². The second-order valence-corrected chi connectivity index (χ2v) is 8.14. The van der Waals surface area contributed by atoms with Gasteiger partial charge >= 0.3 is 0 Å². The highest BCUT2D eigenvalue weighted by atomic mass is 32.1. The molecule has 2 atom stereocenters. The minimum Gasteiger partial charge on any atom is -0.347 e. The maximum absolute atomic E-state index is 11.6. The van der Waals surface area contributed by atoms with Crippen molar-refractivity contribution in [2.45, 2.75) is 57.9 Å². The summed E-state index contributed by atoms with van der Waals surface area (Å²) in [6, 6.07) is 0.0849. The molecule has 1 N–H and O–H groups in total. The highest BCUT2D eigenvalue weighted by Crippen LogP contribution is 2.32. The number of rotatable bonds is 5. The van der Waals surface area contributed by atoms with Crippen molar-refractivity contribution >= 4 is 17.2 Å². The van der Waals surface area contributed by atoms with Crippen LogP contribution in [0.2, 0.25) is 0 Å². The monoisotopic (exact) mass is 335 g/mol. The Hall–Kier alpha value is -0.940. The van der Waals surface area contributed by atoms with Gasteiger partial charge in [-0.25, -0.2) is 4.98 Å². The fourth-order valence-corrected chi connectivity index (χ4v) is 5.03. The first-order valence-electron chi connectivity index (χ1n) is 9.11. The molecule has 1 aliphatic heterocycles. The number of nitrogens with one attached hydrogen (secondary N) is 1. The third-order valence-electron chi connectivity index (χ3n) is 5.33. The molecular formula is C18H29N3OS. The van der Waals surface area contributed by atoms with Crippen molar-refractivity contribution in [1.82, 2.24) is 15.2 Å². The summed E-state index contributed by atoms with van der Waals surface area (Å²) in [6.45, 7) is 5.18. The highest BCUT2D eigenvalue weighted by molar-refractivity contribution is 7.09. The number of carbonyl (C=O) groups is 1. The zero-order chi connectivity index (χ0) is 16.1. The molecule has 4 nitrogen and oxygen atoms in total. The number of hydrogen-bond acceptors (Lipinski definition) is 4. The topological polar surface area (TPSA) is 45.2 Å². The first-order chi connectivity index (χ1) is 11.2. The van der Waals surface area contributed by atoms with Crippen LogP contribution in [0.1, 0.15) is 62.9 Å². The predicted octanol–water partition coefficient (Wildman–Crippen LogP) is 3.61. The number of piperidine rings is 1. The zero-order valence-electron chi connectivity index (χ0n) is 14.2. The number of nitrogens with zero attached hydrogens (tertiary/aromatic N) is 2. The maximum Gasteiger partial charge on any atom is 0.217 e. The smallest absolute Gasteiger partial charge is 0.217 e. The summed E-state index contributed by atoms with van der Waals surface area (Å²) < 4.78 is 0. The molecule has 1 aliphatic carbocycles. The molecule has 0 spiro atoms. The number of likely N-dealkylation sites (tertiary alicyclic amines) is 1. The van der Waals surface area contributed by atoms with Gasteiger partial charge in [0, 0.05) is 31.6 Å². The molecule has 5 heteroatoms. The molecule has 2 fully saturated rings. The van der Waals surface area contributed by atoms with E-state index in [1.807, 2.05) is 11.6 Å². The Balaban J connectivity index is 1.61. The molecule has 2 heterocycles. The van der Waals surface area contributed by atoms with E-state index in [-0.39, 0.29) is 11.9 Å². The van der Waals surface area contributed by atoms with Crippen molar-refractivity contribution in [3.8, 4) is 0 Å². The largest absolute Gasteiger partial charge is 0.347 e. The van der Waals surface area contributed by atoms with Crippen molar-refractivity contribution in [2.24, 2.45) is 11.8 Å². The molecule has 1 aromatic heterocycles. The molecule has 0 bridgehead atoms. The molecule has 1 saturated heterocycles. The van der Waals surface area contributed by atoms with Crippen LogP contribution < -0.4 is 5.32 Å². The molecule has 0 radical (unpaired) electrons. The van der Waals surface area contributed by atoms with E-state index >= 15 is 0 Å². The van der Waals surface area contributed by atoms with Crippen molar-refractivity contribution < 1.29 is 4.79 Å². The Morgan fingerprint density at radius 1 is 1.35 bits per heavy atom. The van der Waals surface area contributed by atoms with Gasteiger partial charge in [-0.1, -0.05) is 19.3 Å². The molecule has 1 amide bonds. The number of carbonyl (C=O) groups excluding carboxylic acids is 1. The number of aromatic nitrogens is 1. The highest BCUT2D eigenvalue weighted by Gasteiger charge is 2.31. The summed E-state index contributed by atoms with van der Waals surface area (Å²) >= 11 is 1.66. The van der Waals surface area contributed by atoms with Crippen molar-refractivity contribution in [2.75, 3.05) is 19.6 Å². The average molecular weight is 336 g/mol. The van der Waals surface area contributed by atoms with E-state index < -0.39 is 0 Å². The van der Waals surface area contributed by atoms with Gasteiger partial charge in [-0.2, -0.15) is 0 Å². The minimum atomic E-state index is 0.0506. The minimum absolute atomic E-state index is 0.0506. The fraction of sp³-hybridized carbons (Fsp3) is 0.778. The summed E-state index contributed by atoms with van der Waals surface area (Å²) in [7, 11) is 0. The quantitative estimate of drug-likeness (QED) is 0.894. The molecule has 128 valence electrons. The van der Waals surface area contributed by atoms with Gasteiger partial charge in [0.2, 0.25) is 5.91 Å². The molecule has 1 saturated carbocycles. The van der Waals surface area contributed by atoms with E-state index in [4.69, 9.17) is 0 Å². The zero-order valence-corrected chi connectivity index (χ0v) is 15.0. The van der Waals surface area contributed by atoms with Crippen molar-refractivity contribution in [3.63, 3.8) is 0 Å². The van der Waals surface area contributed by atoms with E-state index in [2.05, 4.69) is 15.2 Å². The molecule has 0 unspecified atom stereocenters. The number of thiazole rings is 1. The molecule has 1 aromatic rings. The van der Waals surface area contributed by atoms with Crippen LogP contribution in [-0.2, 0) is 4.79 Å². The SMILES string of the molecule is CC(=O)N[C@@H](c1nccs1)[C@@H]1CCCN(CC2CCCCC2)C1. The molecule has 23 heavy (non-hydrogen) atoms. The number of hydrogen-bond donors (Lipinski definition) is 1. The van der Waals surface area contributed by atoms with Crippen LogP contribution in [0.25, 0.3) is 0 Å². The van der Waals surface area contributed by atoms with Crippen LogP contribution >= 0.6 is 11.3 Å². The summed E-state index contributed by atoms with van der Waals surface area (Å²) in [5.74, 6) is 1.43. The van der Waals surface area contributed by atoms with E-state index in [1.165, 1.54) is 58.0 Å². The Morgan fingerprint density at radius 3 is 2.87 bits per heavy atom. The second-order valence-electron chi connectivity index (χ2n) is 7.21. The lowest BCUT2D eigenvalue weighted by Crippen LogP contribution is -2.44. The lowest BCUT2D eigenvalue weighted by atomic mass is 9.86. The Bertz CT molecular complexity index is 484. The van der Waals surface area contributed by atoms with Crippen LogP contribution in [0.15, 0.2) is 11.6 Å². The summed E-state index contributed by atoms with van der Waals surface area (Å²) in [5, 5.41) is 6.23. The second kappa shape index (κ2) is 8.25. The lowest BCUT2D eigenvalue weighted by Gasteiger charge is -2.38. The van der Waals surface area contributed by atoms with Crippen LogP contribution in [0, 0.1) is 11.8 Å². The third-order valence-corrected chi connectivity index (χ3v) is 6.19. The van der Waals surface area contributed by atoms with Crippen molar-refractivity contribution in [1.29, 1.82) is 0 Å². The van der Waals surface area contributed by atoms with Crippen LogP contribution in [0.5, 0.6) is 0 Å². The Kier molecular flexibility index (Phi) is 6.06. The van der Waals surface area contributed by atoms with Crippen molar-refractivity contribution in [3.05, 3.63) is 16.6 Å². The van der Waals surface area contributed by atoms with Gasteiger partial charge in [0.1, 0.15) is 5.01 Å². The third kappa shape index (κ3) is 4.77. The summed E-state index contributed by atoms with van der Waals surface area (Å²) in [4.78, 5) is 18.8. The first kappa shape index (κ1) is 16.9. The van der Waals surface area contributed by atoms with Gasteiger partial charge in [0.05, 0.1) is 6.04 Å². The normalized spacial score (nSPS) is 25.2. The Morgan fingerprint density at radius 2 is 2.17 bits per heavy atom. The molecular weight excluding hydrogens is 306 g/mol. The average Bonchev–Trinajstić information content (AvgIpc) is 3.08. The Labute approximate surface area is 143 Å². The van der Waals surface area contributed by atoms with Crippen LogP contribution in [-0.4, -0.2) is 35.4 Å². The fourth-order valence-electron chi connectivity index (χ4n) is 4.25. The summed E-state index contributed by atoms with van der Waals surface area (Å²) in [5.41, 5.74) is 0. The molecule has 3 rings (SSSR count). The van der Waals surface area contributed by atoms with Gasteiger partial charge in [-0.15, -0.1) is 11.3 Å². The van der Waals surface area contributed by atoms with Gasteiger partial charge < -0.3 is 10.2 Å². The van der Waals surface area contributed by atoms with Gasteiger partial charge in [0.15, 0.2) is 0 Å². The standard InChI is InChI=1S/C18H29N3OS/c1-14(22)20-17(18-19-9-11-23-18)16-8-5-10-21(13-16)12-15-6-3-2-4-7-15/h9,11,15-17H,2-8,10,12-13H2,1H3,(H,20,22)/t16-,17-/m1/s1. The van der Waals surface area contributed by atoms with E-state index in [0.29, 0.717) is 5.92 Å². The van der Waals surface area contributed by atoms with E-state index in [9.17, 15) is 4.79 Å². The van der Waals surface area contributed by atoms with Gasteiger partial charge in [0.25, 0.3) is 0 Å².